The standard InChI is InChI=1S/C25H26N2O4/c1-16-12-21(24-18-7-4-8-19(18)25(29)31-22(24)13-16)30-15-23(28)27-11-3-2-9-20(27)17-6-5-10-26-14-17/h5-6,10,12-14,20H,2-4,7-9,11,15H2,1H3. The van der Waals surface area contributed by atoms with Gasteiger partial charge < -0.3 is 14.1 Å². The van der Waals surface area contributed by atoms with Gasteiger partial charge in [-0.1, -0.05) is 6.07 Å². The van der Waals surface area contributed by atoms with E-state index in [1.165, 1.54) is 0 Å². The minimum Gasteiger partial charge on any atom is -0.483 e. The Labute approximate surface area is 180 Å². The molecule has 2 aromatic heterocycles. The summed E-state index contributed by atoms with van der Waals surface area (Å²) in [5.41, 5.74) is 4.05. The number of rotatable bonds is 4. The van der Waals surface area contributed by atoms with Crippen molar-refractivity contribution in [3.05, 3.63) is 69.3 Å². The number of piperidine rings is 1. The molecule has 0 bridgehead atoms. The van der Waals surface area contributed by atoms with Crippen molar-refractivity contribution in [1.29, 1.82) is 0 Å². The van der Waals surface area contributed by atoms with Crippen LogP contribution in [0.1, 0.15) is 54.0 Å². The van der Waals surface area contributed by atoms with E-state index in [1.54, 1.807) is 6.20 Å². The summed E-state index contributed by atoms with van der Waals surface area (Å²) < 4.78 is 11.7. The Morgan fingerprint density at radius 2 is 2.10 bits per heavy atom. The smallest absolute Gasteiger partial charge is 0.339 e. The molecule has 6 nitrogen and oxygen atoms in total. The Hall–Kier alpha value is -3.15. The summed E-state index contributed by atoms with van der Waals surface area (Å²) in [7, 11) is 0. The zero-order chi connectivity index (χ0) is 21.4. The Kier molecular flexibility index (Phi) is 5.22. The highest BCUT2D eigenvalue weighted by atomic mass is 16.5. The van der Waals surface area contributed by atoms with E-state index >= 15 is 0 Å². The predicted octanol–water partition coefficient (Wildman–Crippen LogP) is 4.12. The number of aryl methyl sites for hydroxylation is 2. The summed E-state index contributed by atoms with van der Waals surface area (Å²) in [5.74, 6) is 0.595. The number of amides is 1. The molecule has 1 fully saturated rings. The summed E-state index contributed by atoms with van der Waals surface area (Å²) in [6.07, 6.45) is 9.13. The number of likely N-dealkylation sites (tertiary alicyclic amines) is 1. The molecular formula is C25H26N2O4. The highest BCUT2D eigenvalue weighted by molar-refractivity contribution is 5.89. The molecule has 5 rings (SSSR count). The van der Waals surface area contributed by atoms with Crippen LogP contribution in [0.5, 0.6) is 5.75 Å². The average Bonchev–Trinajstić information content (AvgIpc) is 3.28. The van der Waals surface area contributed by atoms with Crippen LogP contribution in [0.3, 0.4) is 0 Å². The average molecular weight is 418 g/mol. The summed E-state index contributed by atoms with van der Waals surface area (Å²) in [5, 5.41) is 0.841. The molecule has 1 saturated heterocycles. The molecule has 1 amide bonds. The molecule has 6 heteroatoms. The number of nitrogens with zero attached hydrogens (tertiary/aromatic N) is 2. The van der Waals surface area contributed by atoms with E-state index in [-0.39, 0.29) is 24.2 Å². The molecule has 0 radical (unpaired) electrons. The normalized spacial score (nSPS) is 18.2. The monoisotopic (exact) mass is 418 g/mol. The third-order valence-electron chi connectivity index (χ3n) is 6.42. The molecule has 1 aliphatic carbocycles. The first-order valence-corrected chi connectivity index (χ1v) is 11.0. The first kappa shape index (κ1) is 19.8. The Morgan fingerprint density at radius 3 is 2.94 bits per heavy atom. The van der Waals surface area contributed by atoms with Crippen LogP contribution in [-0.2, 0) is 17.6 Å². The number of aromatic nitrogens is 1. The zero-order valence-electron chi connectivity index (χ0n) is 17.7. The Balaban J connectivity index is 1.42. The van der Waals surface area contributed by atoms with Crippen LogP contribution >= 0.6 is 0 Å². The first-order valence-electron chi connectivity index (χ1n) is 11.0. The molecule has 0 N–H and O–H groups in total. The van der Waals surface area contributed by atoms with Gasteiger partial charge in [0.05, 0.1) is 11.4 Å². The van der Waals surface area contributed by atoms with Crippen LogP contribution in [0.25, 0.3) is 11.0 Å². The number of ether oxygens (including phenoxy) is 1. The van der Waals surface area contributed by atoms with Gasteiger partial charge in [-0.25, -0.2) is 4.79 Å². The van der Waals surface area contributed by atoms with Crippen LogP contribution in [0.2, 0.25) is 0 Å². The summed E-state index contributed by atoms with van der Waals surface area (Å²) >= 11 is 0. The number of fused-ring (bicyclic) bond motifs is 3. The lowest BCUT2D eigenvalue weighted by molar-refractivity contribution is -0.137. The van der Waals surface area contributed by atoms with Crippen molar-refractivity contribution in [2.75, 3.05) is 13.2 Å². The number of pyridine rings is 1. The Morgan fingerprint density at radius 1 is 1.23 bits per heavy atom. The highest BCUT2D eigenvalue weighted by Gasteiger charge is 2.29. The van der Waals surface area contributed by atoms with Gasteiger partial charge in [0.25, 0.3) is 5.91 Å². The van der Waals surface area contributed by atoms with E-state index in [2.05, 4.69) is 4.98 Å². The fraction of sp³-hybridized carbons (Fsp3) is 0.400. The van der Waals surface area contributed by atoms with E-state index in [0.717, 1.165) is 72.7 Å². The van der Waals surface area contributed by atoms with E-state index in [1.807, 2.05) is 42.3 Å². The van der Waals surface area contributed by atoms with Gasteiger partial charge >= 0.3 is 5.63 Å². The molecule has 3 aromatic rings. The summed E-state index contributed by atoms with van der Waals surface area (Å²) in [6, 6.07) is 7.78. The predicted molar refractivity (Wildman–Crippen MR) is 117 cm³/mol. The third-order valence-corrected chi connectivity index (χ3v) is 6.42. The number of hydrogen-bond donors (Lipinski definition) is 0. The van der Waals surface area contributed by atoms with Gasteiger partial charge in [-0.15, -0.1) is 0 Å². The zero-order valence-corrected chi connectivity index (χ0v) is 17.7. The van der Waals surface area contributed by atoms with Crippen molar-refractivity contribution in [1.82, 2.24) is 9.88 Å². The molecule has 2 aliphatic rings. The summed E-state index contributed by atoms with van der Waals surface area (Å²) in [4.78, 5) is 31.6. The molecule has 1 aliphatic heterocycles. The minimum absolute atomic E-state index is 0.0303. The maximum atomic E-state index is 13.2. The second-order valence-electron chi connectivity index (χ2n) is 8.51. The maximum Gasteiger partial charge on any atom is 0.339 e. The lowest BCUT2D eigenvalue weighted by atomic mass is 9.96. The van der Waals surface area contributed by atoms with Gasteiger partial charge in [0.15, 0.2) is 6.61 Å². The van der Waals surface area contributed by atoms with Crippen molar-refractivity contribution in [2.24, 2.45) is 0 Å². The molecule has 160 valence electrons. The fourth-order valence-electron chi connectivity index (χ4n) is 4.99. The number of carbonyl (C=O) groups excluding carboxylic acids is 1. The maximum absolute atomic E-state index is 13.2. The van der Waals surface area contributed by atoms with Crippen molar-refractivity contribution >= 4 is 16.9 Å². The number of carbonyl (C=O) groups is 1. The molecular weight excluding hydrogens is 392 g/mol. The number of benzene rings is 1. The molecule has 1 unspecified atom stereocenters. The van der Waals surface area contributed by atoms with Gasteiger partial charge in [0, 0.05) is 24.5 Å². The van der Waals surface area contributed by atoms with Crippen LogP contribution in [0.15, 0.2) is 45.9 Å². The van der Waals surface area contributed by atoms with Crippen molar-refractivity contribution in [2.45, 2.75) is 51.5 Å². The molecule has 1 aromatic carbocycles. The Bertz CT molecular complexity index is 1190. The van der Waals surface area contributed by atoms with E-state index in [0.29, 0.717) is 11.3 Å². The van der Waals surface area contributed by atoms with Gasteiger partial charge in [-0.3, -0.25) is 9.78 Å². The first-order chi connectivity index (χ1) is 15.1. The van der Waals surface area contributed by atoms with E-state index in [4.69, 9.17) is 9.15 Å². The highest BCUT2D eigenvalue weighted by Crippen LogP contribution is 2.35. The molecule has 3 heterocycles. The second-order valence-corrected chi connectivity index (χ2v) is 8.51. The summed E-state index contributed by atoms with van der Waals surface area (Å²) in [6.45, 7) is 2.62. The largest absolute Gasteiger partial charge is 0.483 e. The van der Waals surface area contributed by atoms with E-state index < -0.39 is 0 Å². The van der Waals surface area contributed by atoms with Gasteiger partial charge in [0.1, 0.15) is 11.3 Å². The quantitative estimate of drug-likeness (QED) is 0.596. The van der Waals surface area contributed by atoms with Gasteiger partial charge in [-0.05, 0) is 80.3 Å². The lowest BCUT2D eigenvalue weighted by Gasteiger charge is -2.35. The van der Waals surface area contributed by atoms with Crippen molar-refractivity contribution in [3.63, 3.8) is 0 Å². The molecule has 0 saturated carbocycles. The van der Waals surface area contributed by atoms with Crippen molar-refractivity contribution in [3.8, 4) is 5.75 Å². The number of hydrogen-bond acceptors (Lipinski definition) is 5. The molecule has 1 atom stereocenters. The van der Waals surface area contributed by atoms with Crippen LogP contribution < -0.4 is 10.4 Å². The second kappa shape index (κ2) is 8.17. The van der Waals surface area contributed by atoms with Gasteiger partial charge in [-0.2, -0.15) is 0 Å². The minimum atomic E-state index is -0.250. The molecule has 31 heavy (non-hydrogen) atoms. The molecule has 0 spiro atoms. The van der Waals surface area contributed by atoms with Crippen molar-refractivity contribution < 1.29 is 13.9 Å². The van der Waals surface area contributed by atoms with E-state index in [9.17, 15) is 9.59 Å². The van der Waals surface area contributed by atoms with Crippen LogP contribution in [0.4, 0.5) is 0 Å². The lowest BCUT2D eigenvalue weighted by Crippen LogP contribution is -2.41. The SMILES string of the molecule is Cc1cc(OCC(=O)N2CCCCC2c2cccnc2)c2c3c(c(=O)oc2c1)CCC3. The van der Waals surface area contributed by atoms with Crippen LogP contribution in [-0.4, -0.2) is 28.9 Å². The fourth-order valence-corrected chi connectivity index (χ4v) is 4.99. The van der Waals surface area contributed by atoms with Gasteiger partial charge in [0.2, 0.25) is 0 Å². The van der Waals surface area contributed by atoms with Crippen LogP contribution in [0, 0.1) is 6.92 Å². The topological polar surface area (TPSA) is 72.6 Å². The third kappa shape index (κ3) is 3.71.